The predicted octanol–water partition coefficient (Wildman–Crippen LogP) is 2.38. The zero-order valence-corrected chi connectivity index (χ0v) is 16.4. The molecule has 1 atom stereocenters. The molecule has 2 aliphatic rings. The number of piperazine rings is 1. The third-order valence-electron chi connectivity index (χ3n) is 5.87. The molecule has 0 amide bonds. The number of anilines is 2. The third-order valence-corrected chi connectivity index (χ3v) is 5.87. The summed E-state index contributed by atoms with van der Waals surface area (Å²) in [7, 11) is 0. The molecule has 0 spiro atoms. The number of aromatic nitrogens is 2. The van der Waals surface area contributed by atoms with Crippen LogP contribution in [0.5, 0.6) is 0 Å². The molecule has 0 saturated carbocycles. The molecular formula is C20H25F3N6. The van der Waals surface area contributed by atoms with Crippen molar-refractivity contribution in [1.82, 2.24) is 14.9 Å². The lowest BCUT2D eigenvalue weighted by atomic mass is 10.0. The number of rotatable bonds is 4. The Labute approximate surface area is 167 Å². The summed E-state index contributed by atoms with van der Waals surface area (Å²) in [4.78, 5) is 13.0. The highest BCUT2D eigenvalue weighted by atomic mass is 19.2. The first-order chi connectivity index (χ1) is 14.0. The molecule has 3 heterocycles. The van der Waals surface area contributed by atoms with Crippen LogP contribution in [0.3, 0.4) is 0 Å². The summed E-state index contributed by atoms with van der Waals surface area (Å²) in [5.74, 6) is -1.10. The van der Waals surface area contributed by atoms with E-state index in [1.807, 2.05) is 4.90 Å². The standard InChI is InChI=1S/C20H25F3N6/c1-12-15(21)9-14(18(23)17(12)22)16(10-24)28-5-7-29(8-6-28)20-13-3-2-4-25-19(13)26-11-27-20/h9,11,16H,2-8,10,24H2,1H3,(H,25,26,27). The molecule has 2 aromatic rings. The van der Waals surface area contributed by atoms with E-state index in [1.165, 1.54) is 6.92 Å². The number of halogens is 3. The second kappa shape index (κ2) is 8.16. The minimum atomic E-state index is -1.14. The van der Waals surface area contributed by atoms with E-state index >= 15 is 0 Å². The van der Waals surface area contributed by atoms with Crippen LogP contribution in [0.1, 0.15) is 29.2 Å². The van der Waals surface area contributed by atoms with Gasteiger partial charge in [0.25, 0.3) is 0 Å². The van der Waals surface area contributed by atoms with E-state index in [1.54, 1.807) is 6.33 Å². The highest BCUT2D eigenvalue weighted by molar-refractivity contribution is 5.60. The summed E-state index contributed by atoms with van der Waals surface area (Å²) in [5.41, 5.74) is 6.67. The fraction of sp³-hybridized carbons (Fsp3) is 0.500. The highest BCUT2D eigenvalue weighted by Gasteiger charge is 2.30. The third kappa shape index (κ3) is 3.64. The Bertz CT molecular complexity index is 898. The van der Waals surface area contributed by atoms with Gasteiger partial charge in [-0.2, -0.15) is 0 Å². The topological polar surface area (TPSA) is 70.3 Å². The van der Waals surface area contributed by atoms with E-state index in [0.29, 0.717) is 26.2 Å². The van der Waals surface area contributed by atoms with Gasteiger partial charge in [0.15, 0.2) is 11.6 Å². The molecule has 4 rings (SSSR count). The number of nitrogens with zero attached hydrogens (tertiary/aromatic N) is 4. The van der Waals surface area contributed by atoms with Crippen molar-refractivity contribution in [3.05, 3.63) is 46.5 Å². The van der Waals surface area contributed by atoms with Crippen LogP contribution in [-0.2, 0) is 6.42 Å². The van der Waals surface area contributed by atoms with Crippen LogP contribution >= 0.6 is 0 Å². The van der Waals surface area contributed by atoms with E-state index in [9.17, 15) is 13.2 Å². The van der Waals surface area contributed by atoms with Crippen molar-refractivity contribution in [2.24, 2.45) is 5.73 Å². The van der Waals surface area contributed by atoms with Gasteiger partial charge >= 0.3 is 0 Å². The maximum absolute atomic E-state index is 14.5. The molecule has 0 bridgehead atoms. The molecule has 0 aliphatic carbocycles. The number of benzene rings is 1. The SMILES string of the molecule is Cc1c(F)cc(C(CN)N2CCN(c3ncnc4c3CCCN4)CC2)c(F)c1F. The summed E-state index contributed by atoms with van der Waals surface area (Å²) in [6, 6.07) is 0.493. The average molecular weight is 406 g/mol. The molecule has 2 aliphatic heterocycles. The Kier molecular flexibility index (Phi) is 5.60. The molecule has 29 heavy (non-hydrogen) atoms. The van der Waals surface area contributed by atoms with Crippen LogP contribution in [0.15, 0.2) is 12.4 Å². The normalized spacial score (nSPS) is 18.3. The van der Waals surface area contributed by atoms with E-state index in [2.05, 4.69) is 20.2 Å². The first kappa shape index (κ1) is 19.9. The monoisotopic (exact) mass is 406 g/mol. The van der Waals surface area contributed by atoms with Gasteiger partial charge in [-0.05, 0) is 25.8 Å². The van der Waals surface area contributed by atoms with E-state index in [0.717, 1.165) is 42.7 Å². The fourth-order valence-electron chi connectivity index (χ4n) is 4.19. The van der Waals surface area contributed by atoms with Gasteiger partial charge in [-0.25, -0.2) is 23.1 Å². The van der Waals surface area contributed by atoms with E-state index in [-0.39, 0.29) is 17.7 Å². The van der Waals surface area contributed by atoms with Crippen molar-refractivity contribution in [2.75, 3.05) is 49.5 Å². The zero-order valence-electron chi connectivity index (χ0n) is 16.4. The van der Waals surface area contributed by atoms with Gasteiger partial charge in [0, 0.05) is 56.0 Å². The smallest absolute Gasteiger partial charge is 0.164 e. The molecule has 3 N–H and O–H groups in total. The minimum Gasteiger partial charge on any atom is -0.370 e. The summed E-state index contributed by atoms with van der Waals surface area (Å²) in [6.45, 7) is 4.72. The molecular weight excluding hydrogens is 381 g/mol. The van der Waals surface area contributed by atoms with Crippen LogP contribution in [0.2, 0.25) is 0 Å². The predicted molar refractivity (Wildman–Crippen MR) is 105 cm³/mol. The van der Waals surface area contributed by atoms with Crippen LogP contribution in [0.25, 0.3) is 0 Å². The molecule has 9 heteroatoms. The Hall–Kier alpha value is -2.39. The van der Waals surface area contributed by atoms with Gasteiger partial charge in [0.1, 0.15) is 23.8 Å². The second-order valence-corrected chi connectivity index (χ2v) is 7.53. The molecule has 1 aromatic carbocycles. The van der Waals surface area contributed by atoms with Gasteiger partial charge in [0.2, 0.25) is 0 Å². The lowest BCUT2D eigenvalue weighted by Gasteiger charge is -2.40. The largest absolute Gasteiger partial charge is 0.370 e. The summed E-state index contributed by atoms with van der Waals surface area (Å²) >= 11 is 0. The second-order valence-electron chi connectivity index (χ2n) is 7.53. The number of hydrogen-bond donors (Lipinski definition) is 2. The molecule has 1 aromatic heterocycles. The van der Waals surface area contributed by atoms with Crippen molar-refractivity contribution >= 4 is 11.6 Å². The lowest BCUT2D eigenvalue weighted by Crippen LogP contribution is -2.50. The van der Waals surface area contributed by atoms with Crippen molar-refractivity contribution in [3.63, 3.8) is 0 Å². The van der Waals surface area contributed by atoms with Crippen LogP contribution in [0, 0.1) is 24.4 Å². The Balaban J connectivity index is 1.52. The van der Waals surface area contributed by atoms with Gasteiger partial charge < -0.3 is 16.0 Å². The van der Waals surface area contributed by atoms with Gasteiger partial charge in [0.05, 0.1) is 6.04 Å². The van der Waals surface area contributed by atoms with E-state index < -0.39 is 23.5 Å². The van der Waals surface area contributed by atoms with Crippen molar-refractivity contribution < 1.29 is 13.2 Å². The molecule has 1 saturated heterocycles. The average Bonchev–Trinajstić information content (AvgIpc) is 2.76. The molecule has 156 valence electrons. The van der Waals surface area contributed by atoms with Gasteiger partial charge in [-0.3, -0.25) is 4.90 Å². The van der Waals surface area contributed by atoms with Crippen LogP contribution in [0.4, 0.5) is 24.8 Å². The Morgan fingerprint density at radius 2 is 1.90 bits per heavy atom. The van der Waals surface area contributed by atoms with Crippen LogP contribution in [-0.4, -0.2) is 54.1 Å². The first-order valence-electron chi connectivity index (χ1n) is 9.92. The number of nitrogens with one attached hydrogen (secondary N) is 1. The summed E-state index contributed by atoms with van der Waals surface area (Å²) in [6.07, 6.45) is 3.53. The van der Waals surface area contributed by atoms with Crippen LogP contribution < -0.4 is 16.0 Å². The Morgan fingerprint density at radius 3 is 2.62 bits per heavy atom. The van der Waals surface area contributed by atoms with Gasteiger partial charge in [-0.15, -0.1) is 0 Å². The molecule has 6 nitrogen and oxygen atoms in total. The van der Waals surface area contributed by atoms with Crippen molar-refractivity contribution in [2.45, 2.75) is 25.8 Å². The lowest BCUT2D eigenvalue weighted by molar-refractivity contribution is 0.185. The number of nitrogens with two attached hydrogens (primary N) is 1. The zero-order chi connectivity index (χ0) is 20.5. The Morgan fingerprint density at radius 1 is 1.14 bits per heavy atom. The molecule has 1 fully saturated rings. The molecule has 0 radical (unpaired) electrons. The maximum atomic E-state index is 14.5. The first-order valence-corrected chi connectivity index (χ1v) is 9.92. The quantitative estimate of drug-likeness (QED) is 0.760. The van der Waals surface area contributed by atoms with Gasteiger partial charge in [-0.1, -0.05) is 0 Å². The van der Waals surface area contributed by atoms with E-state index in [4.69, 9.17) is 5.73 Å². The maximum Gasteiger partial charge on any atom is 0.164 e. The van der Waals surface area contributed by atoms with Crippen molar-refractivity contribution in [1.29, 1.82) is 0 Å². The number of hydrogen-bond acceptors (Lipinski definition) is 6. The minimum absolute atomic E-state index is 0.0230. The summed E-state index contributed by atoms with van der Waals surface area (Å²) < 4.78 is 42.6. The van der Waals surface area contributed by atoms with Crippen molar-refractivity contribution in [3.8, 4) is 0 Å². The number of fused-ring (bicyclic) bond motifs is 1. The fourth-order valence-corrected chi connectivity index (χ4v) is 4.19. The summed E-state index contributed by atoms with van der Waals surface area (Å²) in [5, 5.41) is 3.30. The molecule has 1 unspecified atom stereocenters. The highest BCUT2D eigenvalue weighted by Crippen LogP contribution is 2.31.